The average Bonchev–Trinajstić information content (AvgIpc) is 2.37. The third kappa shape index (κ3) is 3.76. The molecule has 2 rings (SSSR count). The number of nitrogens with two attached hydrogens (primary N) is 1. The van der Waals surface area contributed by atoms with Gasteiger partial charge in [0.15, 0.2) is 0 Å². The van der Waals surface area contributed by atoms with Crippen LogP contribution in [0.25, 0.3) is 0 Å². The Morgan fingerprint density at radius 2 is 2.16 bits per heavy atom. The molecular weight excluding hydrogens is 242 g/mol. The van der Waals surface area contributed by atoms with E-state index in [1.165, 1.54) is 0 Å². The van der Waals surface area contributed by atoms with E-state index in [1.807, 2.05) is 19.1 Å². The van der Waals surface area contributed by atoms with E-state index in [4.69, 9.17) is 5.84 Å². The summed E-state index contributed by atoms with van der Waals surface area (Å²) in [6, 6.07) is 7.38. The molecule has 19 heavy (non-hydrogen) atoms. The van der Waals surface area contributed by atoms with Gasteiger partial charge in [0.05, 0.1) is 5.60 Å². The minimum atomic E-state index is -0.586. The lowest BCUT2D eigenvalue weighted by atomic mass is 9.95. The van der Waals surface area contributed by atoms with E-state index in [-0.39, 0.29) is 5.91 Å². The van der Waals surface area contributed by atoms with Crippen molar-refractivity contribution in [1.29, 1.82) is 0 Å². The van der Waals surface area contributed by atoms with Gasteiger partial charge in [0.25, 0.3) is 5.91 Å². The van der Waals surface area contributed by atoms with Crippen molar-refractivity contribution in [3.05, 3.63) is 35.4 Å². The normalized spacial score (nSPS) is 24.2. The molecule has 1 aliphatic rings. The van der Waals surface area contributed by atoms with Crippen LogP contribution in [0.3, 0.4) is 0 Å². The molecule has 0 spiro atoms. The summed E-state index contributed by atoms with van der Waals surface area (Å²) >= 11 is 0. The van der Waals surface area contributed by atoms with Crippen molar-refractivity contribution in [2.45, 2.75) is 31.9 Å². The Bertz CT molecular complexity index is 443. The van der Waals surface area contributed by atoms with Crippen LogP contribution in [0.15, 0.2) is 24.3 Å². The van der Waals surface area contributed by atoms with E-state index in [9.17, 15) is 9.90 Å². The number of likely N-dealkylation sites (tertiary alicyclic amines) is 1. The lowest BCUT2D eigenvalue weighted by Gasteiger charge is -2.36. The van der Waals surface area contributed by atoms with Crippen LogP contribution in [0.4, 0.5) is 0 Å². The number of hydrazine groups is 1. The van der Waals surface area contributed by atoms with Gasteiger partial charge in [-0.05, 0) is 44.0 Å². The van der Waals surface area contributed by atoms with Crippen LogP contribution in [-0.2, 0) is 6.54 Å². The van der Waals surface area contributed by atoms with E-state index < -0.39 is 5.60 Å². The van der Waals surface area contributed by atoms with Gasteiger partial charge in [0.2, 0.25) is 0 Å². The number of hydrogen-bond acceptors (Lipinski definition) is 4. The number of piperidine rings is 1. The zero-order chi connectivity index (χ0) is 13.9. The summed E-state index contributed by atoms with van der Waals surface area (Å²) in [6.07, 6.45) is 1.87. The third-order valence-electron chi connectivity index (χ3n) is 3.51. The first-order valence-electron chi connectivity index (χ1n) is 6.55. The highest BCUT2D eigenvalue weighted by Crippen LogP contribution is 2.21. The third-order valence-corrected chi connectivity index (χ3v) is 3.51. The summed E-state index contributed by atoms with van der Waals surface area (Å²) in [7, 11) is 0. The molecule has 0 aromatic heterocycles. The molecule has 1 aromatic rings. The Kier molecular flexibility index (Phi) is 4.19. The second-order valence-electron chi connectivity index (χ2n) is 5.48. The summed E-state index contributed by atoms with van der Waals surface area (Å²) < 4.78 is 0. The van der Waals surface area contributed by atoms with E-state index in [1.54, 1.807) is 12.1 Å². The number of β-amino-alcohol motifs (C(OH)–C–C–N with tert-alkyl or cyclic N) is 1. The monoisotopic (exact) mass is 263 g/mol. The SMILES string of the molecule is CC1(O)CCCN(Cc2ccc(C(=O)NN)cc2)C1. The smallest absolute Gasteiger partial charge is 0.265 e. The van der Waals surface area contributed by atoms with Crippen LogP contribution in [0.5, 0.6) is 0 Å². The molecular formula is C14H21N3O2. The van der Waals surface area contributed by atoms with E-state index in [2.05, 4.69) is 10.3 Å². The van der Waals surface area contributed by atoms with Gasteiger partial charge in [-0.15, -0.1) is 0 Å². The van der Waals surface area contributed by atoms with Crippen LogP contribution in [0.1, 0.15) is 35.7 Å². The molecule has 1 aliphatic heterocycles. The number of carbonyl (C=O) groups is 1. The van der Waals surface area contributed by atoms with Crippen molar-refractivity contribution < 1.29 is 9.90 Å². The maximum atomic E-state index is 11.3. The molecule has 1 amide bonds. The Hall–Kier alpha value is -1.43. The first-order valence-corrected chi connectivity index (χ1v) is 6.55. The fraction of sp³-hybridized carbons (Fsp3) is 0.500. The molecule has 5 nitrogen and oxygen atoms in total. The summed E-state index contributed by atoms with van der Waals surface area (Å²) in [4.78, 5) is 13.6. The maximum absolute atomic E-state index is 11.3. The fourth-order valence-corrected chi connectivity index (χ4v) is 2.56. The van der Waals surface area contributed by atoms with Gasteiger partial charge in [-0.3, -0.25) is 15.1 Å². The summed E-state index contributed by atoms with van der Waals surface area (Å²) in [6.45, 7) is 4.37. The van der Waals surface area contributed by atoms with E-state index in [0.29, 0.717) is 12.1 Å². The van der Waals surface area contributed by atoms with Crippen molar-refractivity contribution in [1.82, 2.24) is 10.3 Å². The van der Waals surface area contributed by atoms with E-state index in [0.717, 1.165) is 31.5 Å². The van der Waals surface area contributed by atoms with E-state index >= 15 is 0 Å². The Balaban J connectivity index is 1.98. The summed E-state index contributed by atoms with van der Waals surface area (Å²) in [5.41, 5.74) is 3.21. The number of benzene rings is 1. The number of amides is 1. The maximum Gasteiger partial charge on any atom is 0.265 e. The molecule has 104 valence electrons. The van der Waals surface area contributed by atoms with Crippen molar-refractivity contribution in [3.8, 4) is 0 Å². The molecule has 4 N–H and O–H groups in total. The van der Waals surface area contributed by atoms with Gasteiger partial charge in [0, 0.05) is 18.7 Å². The largest absolute Gasteiger partial charge is 0.389 e. The predicted molar refractivity (Wildman–Crippen MR) is 73.2 cm³/mol. The molecule has 1 heterocycles. The van der Waals surface area contributed by atoms with Gasteiger partial charge in [-0.25, -0.2) is 5.84 Å². The number of aliphatic hydroxyl groups is 1. The van der Waals surface area contributed by atoms with Crippen molar-refractivity contribution >= 4 is 5.91 Å². The van der Waals surface area contributed by atoms with Gasteiger partial charge in [-0.2, -0.15) is 0 Å². The van der Waals surface area contributed by atoms with Gasteiger partial charge >= 0.3 is 0 Å². The van der Waals surface area contributed by atoms with Crippen LogP contribution < -0.4 is 11.3 Å². The zero-order valence-corrected chi connectivity index (χ0v) is 11.2. The standard InChI is InChI=1S/C14H21N3O2/c1-14(19)7-2-8-17(10-14)9-11-3-5-12(6-4-11)13(18)16-15/h3-6,19H,2,7-10,15H2,1H3,(H,16,18). The summed E-state index contributed by atoms with van der Waals surface area (Å²) in [5.74, 6) is 4.80. The highest BCUT2D eigenvalue weighted by Gasteiger charge is 2.28. The quantitative estimate of drug-likeness (QED) is 0.425. The highest BCUT2D eigenvalue weighted by molar-refractivity contribution is 5.93. The van der Waals surface area contributed by atoms with Crippen LogP contribution in [0, 0.1) is 0 Å². The molecule has 1 fully saturated rings. The molecule has 5 heteroatoms. The minimum absolute atomic E-state index is 0.285. The first kappa shape index (κ1) is 14.0. The fourth-order valence-electron chi connectivity index (χ4n) is 2.56. The second kappa shape index (κ2) is 5.69. The number of hydrogen-bond donors (Lipinski definition) is 3. The van der Waals surface area contributed by atoms with Crippen LogP contribution in [-0.4, -0.2) is 34.6 Å². The Labute approximate surface area is 113 Å². The van der Waals surface area contributed by atoms with Crippen molar-refractivity contribution in [2.75, 3.05) is 13.1 Å². The molecule has 1 atom stereocenters. The van der Waals surface area contributed by atoms with Gasteiger partial charge in [-0.1, -0.05) is 12.1 Å². The van der Waals surface area contributed by atoms with Crippen LogP contribution >= 0.6 is 0 Å². The number of nitrogens with one attached hydrogen (secondary N) is 1. The number of rotatable bonds is 3. The Morgan fingerprint density at radius 3 is 2.74 bits per heavy atom. The molecule has 0 saturated carbocycles. The number of nitrogens with zero attached hydrogens (tertiary/aromatic N) is 1. The lowest BCUT2D eigenvalue weighted by molar-refractivity contribution is -0.0181. The van der Waals surface area contributed by atoms with Gasteiger partial charge in [0.1, 0.15) is 0 Å². The molecule has 0 aliphatic carbocycles. The zero-order valence-electron chi connectivity index (χ0n) is 11.2. The van der Waals surface area contributed by atoms with Crippen molar-refractivity contribution in [2.24, 2.45) is 5.84 Å². The van der Waals surface area contributed by atoms with Crippen molar-refractivity contribution in [3.63, 3.8) is 0 Å². The average molecular weight is 263 g/mol. The van der Waals surface area contributed by atoms with Gasteiger partial charge < -0.3 is 5.11 Å². The predicted octanol–water partition coefficient (Wildman–Crippen LogP) is 0.637. The number of carbonyl (C=O) groups excluding carboxylic acids is 1. The Morgan fingerprint density at radius 1 is 1.47 bits per heavy atom. The molecule has 0 bridgehead atoms. The second-order valence-corrected chi connectivity index (χ2v) is 5.48. The minimum Gasteiger partial charge on any atom is -0.389 e. The molecule has 1 unspecified atom stereocenters. The summed E-state index contributed by atoms with van der Waals surface area (Å²) in [5, 5.41) is 10.1. The molecule has 1 saturated heterocycles. The highest BCUT2D eigenvalue weighted by atomic mass is 16.3. The topological polar surface area (TPSA) is 78.6 Å². The lowest BCUT2D eigenvalue weighted by Crippen LogP contribution is -2.45. The van der Waals surface area contributed by atoms with Crippen LogP contribution in [0.2, 0.25) is 0 Å². The first-order chi connectivity index (χ1) is 9.00. The number of nitrogen functional groups attached to an aromatic ring is 1. The molecule has 0 radical (unpaired) electrons. The molecule has 1 aromatic carbocycles.